The van der Waals surface area contributed by atoms with E-state index < -0.39 is 10.0 Å². The van der Waals surface area contributed by atoms with E-state index in [4.69, 9.17) is 9.84 Å². The van der Waals surface area contributed by atoms with Gasteiger partial charge in [0.25, 0.3) is 10.0 Å². The van der Waals surface area contributed by atoms with Crippen LogP contribution in [-0.4, -0.2) is 44.1 Å². The number of hydrogen-bond acceptors (Lipinski definition) is 5. The third kappa shape index (κ3) is 2.46. The first-order valence-electron chi connectivity index (χ1n) is 5.72. The topological polar surface area (TPSA) is 66.8 Å². The summed E-state index contributed by atoms with van der Waals surface area (Å²) in [6.07, 6.45) is 0.729. The molecule has 2 heterocycles. The average molecular weight is 291 g/mol. The summed E-state index contributed by atoms with van der Waals surface area (Å²) < 4.78 is 31.7. The van der Waals surface area contributed by atoms with Crippen LogP contribution in [0.1, 0.15) is 16.9 Å². The van der Waals surface area contributed by atoms with Gasteiger partial charge in [0.05, 0.1) is 19.3 Å². The fourth-order valence-corrected chi connectivity index (χ4v) is 4.93. The zero-order valence-corrected chi connectivity index (χ0v) is 12.1. The number of rotatable bonds is 4. The minimum absolute atomic E-state index is 0.0880. The highest BCUT2D eigenvalue weighted by Gasteiger charge is 2.32. The molecule has 0 aromatic carbocycles. The largest absolute Gasteiger partial charge is 0.391 e. The SMILES string of the molecule is Cc1cc(S(=O)(=O)N(C)C2CCOC2)sc1CO. The van der Waals surface area contributed by atoms with E-state index in [0.717, 1.165) is 23.3 Å². The van der Waals surface area contributed by atoms with Crippen molar-refractivity contribution in [2.24, 2.45) is 0 Å². The average Bonchev–Trinajstić information content (AvgIpc) is 2.96. The monoisotopic (exact) mass is 291 g/mol. The van der Waals surface area contributed by atoms with Gasteiger partial charge in [0, 0.05) is 18.5 Å². The Morgan fingerprint density at radius 2 is 2.33 bits per heavy atom. The van der Waals surface area contributed by atoms with E-state index >= 15 is 0 Å². The number of hydrogen-bond donors (Lipinski definition) is 1. The molecule has 1 saturated heterocycles. The van der Waals surface area contributed by atoms with Crippen LogP contribution < -0.4 is 0 Å². The van der Waals surface area contributed by atoms with E-state index in [2.05, 4.69) is 0 Å². The standard InChI is InChI=1S/C11H17NO4S2/c1-8-5-11(17-10(8)6-13)18(14,15)12(2)9-3-4-16-7-9/h5,9,13H,3-4,6-7H2,1-2H3. The molecular weight excluding hydrogens is 274 g/mol. The molecule has 0 aliphatic carbocycles. The van der Waals surface area contributed by atoms with Crippen molar-refractivity contribution in [3.8, 4) is 0 Å². The summed E-state index contributed by atoms with van der Waals surface area (Å²) in [5.41, 5.74) is 0.817. The molecule has 1 N–H and O–H groups in total. The van der Waals surface area contributed by atoms with Gasteiger partial charge in [0.1, 0.15) is 4.21 Å². The first kappa shape index (κ1) is 14.0. The molecule has 1 aromatic heterocycles. The number of nitrogens with zero attached hydrogens (tertiary/aromatic N) is 1. The molecule has 0 bridgehead atoms. The third-order valence-electron chi connectivity index (χ3n) is 3.19. The van der Waals surface area contributed by atoms with Crippen LogP contribution >= 0.6 is 11.3 Å². The summed E-state index contributed by atoms with van der Waals surface area (Å²) in [6, 6.07) is 1.53. The lowest BCUT2D eigenvalue weighted by atomic mass is 10.3. The molecule has 1 atom stereocenters. The maximum Gasteiger partial charge on any atom is 0.252 e. The van der Waals surface area contributed by atoms with Crippen molar-refractivity contribution in [2.45, 2.75) is 30.2 Å². The van der Waals surface area contributed by atoms with Gasteiger partial charge in [0.2, 0.25) is 0 Å². The lowest BCUT2D eigenvalue weighted by molar-refractivity contribution is 0.181. The molecule has 18 heavy (non-hydrogen) atoms. The predicted molar refractivity (Wildman–Crippen MR) is 69.2 cm³/mol. The van der Waals surface area contributed by atoms with Gasteiger partial charge in [-0.2, -0.15) is 4.31 Å². The van der Waals surface area contributed by atoms with Gasteiger partial charge in [-0.25, -0.2) is 8.42 Å². The molecule has 1 fully saturated rings. The van der Waals surface area contributed by atoms with E-state index in [1.54, 1.807) is 20.0 Å². The highest BCUT2D eigenvalue weighted by molar-refractivity contribution is 7.91. The number of likely N-dealkylation sites (N-methyl/N-ethyl adjacent to an activating group) is 1. The highest BCUT2D eigenvalue weighted by Crippen LogP contribution is 2.29. The lowest BCUT2D eigenvalue weighted by Gasteiger charge is -2.21. The Bertz CT molecular complexity index is 517. The summed E-state index contributed by atoms with van der Waals surface area (Å²) >= 11 is 1.13. The van der Waals surface area contributed by atoms with Crippen LogP contribution in [0.4, 0.5) is 0 Å². The van der Waals surface area contributed by atoms with E-state index in [1.807, 2.05) is 0 Å². The molecular formula is C11H17NO4S2. The van der Waals surface area contributed by atoms with Crippen molar-refractivity contribution in [2.75, 3.05) is 20.3 Å². The third-order valence-corrected chi connectivity index (χ3v) is 6.78. The van der Waals surface area contributed by atoms with Crippen molar-refractivity contribution >= 4 is 21.4 Å². The molecule has 1 unspecified atom stereocenters. The minimum atomic E-state index is -3.47. The minimum Gasteiger partial charge on any atom is -0.391 e. The Kier molecular flexibility index (Phi) is 4.08. The highest BCUT2D eigenvalue weighted by atomic mass is 32.2. The van der Waals surface area contributed by atoms with Gasteiger partial charge in [-0.15, -0.1) is 11.3 Å². The maximum atomic E-state index is 12.4. The second-order valence-electron chi connectivity index (χ2n) is 4.37. The van der Waals surface area contributed by atoms with Crippen molar-refractivity contribution in [3.05, 3.63) is 16.5 Å². The van der Waals surface area contributed by atoms with Crippen LogP contribution in [-0.2, 0) is 21.4 Å². The smallest absolute Gasteiger partial charge is 0.252 e. The summed E-state index contributed by atoms with van der Waals surface area (Å²) in [7, 11) is -1.89. The fourth-order valence-electron chi connectivity index (χ4n) is 1.92. The van der Waals surface area contributed by atoms with Crippen molar-refractivity contribution in [3.63, 3.8) is 0 Å². The molecule has 5 nitrogen and oxygen atoms in total. The zero-order valence-electron chi connectivity index (χ0n) is 10.4. The van der Waals surface area contributed by atoms with E-state index in [0.29, 0.717) is 22.3 Å². The number of ether oxygens (including phenoxy) is 1. The van der Waals surface area contributed by atoms with Crippen LogP contribution in [0.15, 0.2) is 10.3 Å². The zero-order chi connectivity index (χ0) is 13.3. The molecule has 0 saturated carbocycles. The lowest BCUT2D eigenvalue weighted by Crippen LogP contribution is -2.36. The predicted octanol–water partition coefficient (Wildman–Crippen LogP) is 0.958. The maximum absolute atomic E-state index is 12.4. The van der Waals surface area contributed by atoms with Crippen LogP contribution in [0.2, 0.25) is 0 Å². The van der Waals surface area contributed by atoms with Gasteiger partial charge in [-0.1, -0.05) is 0 Å². The number of aliphatic hydroxyl groups excluding tert-OH is 1. The van der Waals surface area contributed by atoms with Crippen molar-refractivity contribution in [1.82, 2.24) is 4.31 Å². The quantitative estimate of drug-likeness (QED) is 0.897. The van der Waals surface area contributed by atoms with E-state index in [9.17, 15) is 8.42 Å². The Labute approximate surface area is 111 Å². The number of aryl methyl sites for hydroxylation is 1. The molecule has 1 aliphatic rings. The summed E-state index contributed by atoms with van der Waals surface area (Å²) in [4.78, 5) is 0.699. The number of sulfonamides is 1. The molecule has 1 aromatic rings. The Hall–Kier alpha value is -0.470. The van der Waals surface area contributed by atoms with Gasteiger partial charge < -0.3 is 9.84 Å². The Morgan fingerprint density at radius 1 is 1.61 bits per heavy atom. The van der Waals surface area contributed by atoms with Crippen molar-refractivity contribution < 1.29 is 18.3 Å². The molecule has 2 rings (SSSR count). The number of aliphatic hydroxyl groups is 1. The molecule has 1 aliphatic heterocycles. The normalized spacial score (nSPS) is 20.8. The Balaban J connectivity index is 2.28. The first-order chi connectivity index (χ1) is 8.46. The van der Waals surface area contributed by atoms with Crippen LogP contribution in [0.5, 0.6) is 0 Å². The van der Waals surface area contributed by atoms with Crippen LogP contribution in [0.3, 0.4) is 0 Å². The Morgan fingerprint density at radius 3 is 2.83 bits per heavy atom. The van der Waals surface area contributed by atoms with Gasteiger partial charge in [0.15, 0.2) is 0 Å². The van der Waals surface area contributed by atoms with Crippen LogP contribution in [0.25, 0.3) is 0 Å². The van der Waals surface area contributed by atoms with Gasteiger partial charge >= 0.3 is 0 Å². The molecule has 0 amide bonds. The molecule has 102 valence electrons. The van der Waals surface area contributed by atoms with Gasteiger partial charge in [-0.3, -0.25) is 0 Å². The van der Waals surface area contributed by atoms with Crippen LogP contribution in [0, 0.1) is 6.92 Å². The number of thiophene rings is 1. The fraction of sp³-hybridized carbons (Fsp3) is 0.636. The van der Waals surface area contributed by atoms with E-state index in [1.165, 1.54) is 4.31 Å². The molecule has 7 heteroatoms. The summed E-state index contributed by atoms with van der Waals surface area (Å²) in [6.45, 7) is 2.74. The van der Waals surface area contributed by atoms with Crippen molar-refractivity contribution in [1.29, 1.82) is 0 Å². The summed E-state index contributed by atoms with van der Waals surface area (Å²) in [5.74, 6) is 0. The van der Waals surface area contributed by atoms with Gasteiger partial charge in [-0.05, 0) is 25.0 Å². The molecule has 0 spiro atoms. The van der Waals surface area contributed by atoms with E-state index in [-0.39, 0.29) is 12.6 Å². The second kappa shape index (κ2) is 5.26. The first-order valence-corrected chi connectivity index (χ1v) is 7.98. The molecule has 0 radical (unpaired) electrons. The summed E-state index contributed by atoms with van der Waals surface area (Å²) in [5, 5.41) is 9.13. The second-order valence-corrected chi connectivity index (χ2v) is 7.73.